The standard InChI is InChI=1S/C12H16ClN3O2/c13-10-7-11(15-8-14-10)16-12(17)5-4-9-3-1-2-6-18-9/h7-9H,1-6H2,(H,14,15,16,17). The monoisotopic (exact) mass is 269 g/mol. The Morgan fingerprint density at radius 2 is 2.39 bits per heavy atom. The number of ether oxygens (including phenoxy) is 1. The van der Waals surface area contributed by atoms with Crippen LogP contribution in [0.1, 0.15) is 32.1 Å². The summed E-state index contributed by atoms with van der Waals surface area (Å²) in [5.74, 6) is 0.364. The van der Waals surface area contributed by atoms with Crippen molar-refractivity contribution >= 4 is 23.3 Å². The normalized spacial score (nSPS) is 19.5. The molecule has 2 rings (SSSR count). The summed E-state index contributed by atoms with van der Waals surface area (Å²) in [6, 6.07) is 1.52. The number of nitrogens with zero attached hydrogens (tertiary/aromatic N) is 2. The highest BCUT2D eigenvalue weighted by Gasteiger charge is 2.15. The summed E-state index contributed by atoms with van der Waals surface area (Å²) in [4.78, 5) is 19.4. The molecule has 6 heteroatoms. The Morgan fingerprint density at radius 3 is 3.11 bits per heavy atom. The van der Waals surface area contributed by atoms with Crippen LogP contribution in [0.4, 0.5) is 5.82 Å². The Kier molecular flexibility index (Phi) is 4.90. The molecule has 0 saturated carbocycles. The van der Waals surface area contributed by atoms with E-state index in [1.54, 1.807) is 0 Å². The van der Waals surface area contributed by atoms with Crippen molar-refractivity contribution in [3.8, 4) is 0 Å². The molecule has 5 nitrogen and oxygen atoms in total. The van der Waals surface area contributed by atoms with Gasteiger partial charge in [-0.2, -0.15) is 0 Å². The summed E-state index contributed by atoms with van der Waals surface area (Å²) >= 11 is 5.70. The minimum absolute atomic E-state index is 0.0704. The SMILES string of the molecule is O=C(CCC1CCCCO1)Nc1cc(Cl)ncn1. The Labute approximate surface area is 111 Å². The molecule has 98 valence electrons. The summed E-state index contributed by atoms with van der Waals surface area (Å²) in [6.07, 6.45) is 6.10. The molecule has 0 spiro atoms. The second-order valence-electron chi connectivity index (χ2n) is 4.30. The van der Waals surface area contributed by atoms with Gasteiger partial charge in [-0.05, 0) is 25.7 Å². The highest BCUT2D eigenvalue weighted by Crippen LogP contribution is 2.17. The van der Waals surface area contributed by atoms with E-state index in [-0.39, 0.29) is 12.0 Å². The number of hydrogen-bond acceptors (Lipinski definition) is 4. The lowest BCUT2D eigenvalue weighted by Gasteiger charge is -2.22. The summed E-state index contributed by atoms with van der Waals surface area (Å²) in [5, 5.41) is 3.01. The van der Waals surface area contributed by atoms with Gasteiger partial charge in [0.05, 0.1) is 6.10 Å². The lowest BCUT2D eigenvalue weighted by atomic mass is 10.0. The number of carbonyl (C=O) groups is 1. The maximum Gasteiger partial charge on any atom is 0.225 e. The molecule has 1 atom stereocenters. The number of amides is 1. The molecule has 1 aromatic heterocycles. The molecule has 1 aliphatic heterocycles. The van der Waals surface area contributed by atoms with E-state index in [1.807, 2.05) is 0 Å². The van der Waals surface area contributed by atoms with E-state index in [1.165, 1.54) is 18.8 Å². The zero-order valence-corrected chi connectivity index (χ0v) is 10.8. The van der Waals surface area contributed by atoms with Crippen LogP contribution in [0, 0.1) is 0 Å². The van der Waals surface area contributed by atoms with Crippen molar-refractivity contribution in [3.05, 3.63) is 17.5 Å². The second kappa shape index (κ2) is 6.66. The summed E-state index contributed by atoms with van der Waals surface area (Å²) in [6.45, 7) is 0.813. The van der Waals surface area contributed by atoms with Crippen molar-refractivity contribution in [3.63, 3.8) is 0 Å². The molecule has 1 aliphatic rings. The van der Waals surface area contributed by atoms with Crippen LogP contribution in [0.25, 0.3) is 0 Å². The van der Waals surface area contributed by atoms with E-state index >= 15 is 0 Å². The number of hydrogen-bond donors (Lipinski definition) is 1. The third-order valence-corrected chi connectivity index (χ3v) is 3.08. The van der Waals surface area contributed by atoms with Crippen molar-refractivity contribution in [2.45, 2.75) is 38.2 Å². The Balaban J connectivity index is 1.74. The van der Waals surface area contributed by atoms with Gasteiger partial charge >= 0.3 is 0 Å². The van der Waals surface area contributed by atoms with Crippen molar-refractivity contribution in [1.82, 2.24) is 9.97 Å². The lowest BCUT2D eigenvalue weighted by Crippen LogP contribution is -2.22. The van der Waals surface area contributed by atoms with Crippen LogP contribution in [0.2, 0.25) is 5.15 Å². The predicted octanol–water partition coefficient (Wildman–Crippen LogP) is 2.42. The van der Waals surface area contributed by atoms with Crippen LogP contribution in [0.3, 0.4) is 0 Å². The van der Waals surface area contributed by atoms with Gasteiger partial charge in [0.25, 0.3) is 0 Å². The minimum Gasteiger partial charge on any atom is -0.378 e. The maximum absolute atomic E-state index is 11.7. The average molecular weight is 270 g/mol. The Bertz CT molecular complexity index is 408. The number of halogens is 1. The molecule has 0 aliphatic carbocycles. The van der Waals surface area contributed by atoms with Crippen LogP contribution in [-0.2, 0) is 9.53 Å². The molecule has 1 aromatic rings. The number of nitrogens with one attached hydrogen (secondary N) is 1. The molecule has 0 aromatic carbocycles. The highest BCUT2D eigenvalue weighted by molar-refractivity contribution is 6.29. The summed E-state index contributed by atoms with van der Waals surface area (Å²) < 4.78 is 5.57. The van der Waals surface area contributed by atoms with E-state index in [4.69, 9.17) is 16.3 Å². The third kappa shape index (κ3) is 4.23. The van der Waals surface area contributed by atoms with Crippen molar-refractivity contribution in [1.29, 1.82) is 0 Å². The fourth-order valence-electron chi connectivity index (χ4n) is 1.93. The zero-order valence-electron chi connectivity index (χ0n) is 10.1. The summed E-state index contributed by atoms with van der Waals surface area (Å²) in [5.41, 5.74) is 0. The summed E-state index contributed by atoms with van der Waals surface area (Å²) in [7, 11) is 0. The quantitative estimate of drug-likeness (QED) is 0.853. The van der Waals surface area contributed by atoms with Gasteiger partial charge in [0.1, 0.15) is 17.3 Å². The number of rotatable bonds is 4. The van der Waals surface area contributed by atoms with Gasteiger partial charge in [-0.1, -0.05) is 11.6 Å². The van der Waals surface area contributed by atoms with E-state index in [9.17, 15) is 4.79 Å². The molecule has 1 saturated heterocycles. The largest absolute Gasteiger partial charge is 0.378 e. The fourth-order valence-corrected chi connectivity index (χ4v) is 2.08. The Hall–Kier alpha value is -1.20. The Morgan fingerprint density at radius 1 is 1.50 bits per heavy atom. The molecule has 1 amide bonds. The van der Waals surface area contributed by atoms with Crippen molar-refractivity contribution in [2.75, 3.05) is 11.9 Å². The molecule has 2 heterocycles. The van der Waals surface area contributed by atoms with E-state index in [2.05, 4.69) is 15.3 Å². The number of aromatic nitrogens is 2. The maximum atomic E-state index is 11.7. The average Bonchev–Trinajstić information content (AvgIpc) is 2.38. The first kappa shape index (κ1) is 13.2. The molecule has 1 N–H and O–H groups in total. The van der Waals surface area contributed by atoms with E-state index in [0.29, 0.717) is 17.4 Å². The molecule has 0 radical (unpaired) electrons. The van der Waals surface area contributed by atoms with E-state index < -0.39 is 0 Å². The third-order valence-electron chi connectivity index (χ3n) is 2.87. The molecule has 18 heavy (non-hydrogen) atoms. The first-order valence-corrected chi connectivity index (χ1v) is 6.51. The second-order valence-corrected chi connectivity index (χ2v) is 4.69. The van der Waals surface area contributed by atoms with Crippen molar-refractivity contribution < 1.29 is 9.53 Å². The van der Waals surface area contributed by atoms with Crippen LogP contribution < -0.4 is 5.32 Å². The van der Waals surface area contributed by atoms with Gasteiger partial charge in [0, 0.05) is 19.1 Å². The first-order chi connectivity index (χ1) is 8.74. The number of anilines is 1. The molecular weight excluding hydrogens is 254 g/mol. The lowest BCUT2D eigenvalue weighted by molar-refractivity contribution is -0.117. The van der Waals surface area contributed by atoms with Gasteiger partial charge < -0.3 is 10.1 Å². The first-order valence-electron chi connectivity index (χ1n) is 6.13. The number of carbonyl (C=O) groups excluding carboxylic acids is 1. The van der Waals surface area contributed by atoms with Gasteiger partial charge in [0.15, 0.2) is 0 Å². The van der Waals surface area contributed by atoms with Gasteiger partial charge in [0.2, 0.25) is 5.91 Å². The highest BCUT2D eigenvalue weighted by atomic mass is 35.5. The van der Waals surface area contributed by atoms with Crippen LogP contribution >= 0.6 is 11.6 Å². The molecule has 1 fully saturated rings. The predicted molar refractivity (Wildman–Crippen MR) is 68.5 cm³/mol. The molecule has 0 bridgehead atoms. The van der Waals surface area contributed by atoms with Crippen LogP contribution in [0.5, 0.6) is 0 Å². The molecular formula is C12H16ClN3O2. The topological polar surface area (TPSA) is 64.1 Å². The smallest absolute Gasteiger partial charge is 0.225 e. The van der Waals surface area contributed by atoms with Crippen molar-refractivity contribution in [2.24, 2.45) is 0 Å². The molecule has 1 unspecified atom stereocenters. The van der Waals surface area contributed by atoms with Crippen LogP contribution in [-0.4, -0.2) is 28.6 Å². The van der Waals surface area contributed by atoms with Gasteiger partial charge in [-0.25, -0.2) is 9.97 Å². The zero-order chi connectivity index (χ0) is 12.8. The van der Waals surface area contributed by atoms with Gasteiger partial charge in [-0.3, -0.25) is 4.79 Å². The van der Waals surface area contributed by atoms with E-state index in [0.717, 1.165) is 25.9 Å². The fraction of sp³-hybridized carbons (Fsp3) is 0.583. The van der Waals surface area contributed by atoms with Gasteiger partial charge in [-0.15, -0.1) is 0 Å². The van der Waals surface area contributed by atoms with Crippen LogP contribution in [0.15, 0.2) is 12.4 Å². The minimum atomic E-state index is -0.0704.